The normalized spacial score (nSPS) is 43.4. The molecule has 1 heterocycles. The summed E-state index contributed by atoms with van der Waals surface area (Å²) in [5, 5.41) is 12.3. The van der Waals surface area contributed by atoms with Crippen LogP contribution in [0.4, 0.5) is 0 Å². The highest BCUT2D eigenvalue weighted by Gasteiger charge is 2.39. The first-order valence-electron chi connectivity index (χ1n) is 4.25. The molecular formula is C8H13NO2. The summed E-state index contributed by atoms with van der Waals surface area (Å²) in [4.78, 5) is 10.9. The Hall–Kier alpha value is -0.570. The number of rotatable bonds is 0. The fraction of sp³-hybridized carbons (Fsp3) is 0.875. The first-order chi connectivity index (χ1) is 5.27. The van der Waals surface area contributed by atoms with Crippen LogP contribution in [0.3, 0.4) is 0 Å². The minimum atomic E-state index is -0.291. The maximum absolute atomic E-state index is 10.9. The smallest absolute Gasteiger partial charge is 0.220 e. The van der Waals surface area contributed by atoms with Crippen molar-refractivity contribution in [2.24, 2.45) is 5.92 Å². The molecule has 3 heteroatoms. The van der Waals surface area contributed by atoms with Crippen LogP contribution in [0, 0.1) is 5.92 Å². The molecule has 62 valence electrons. The lowest BCUT2D eigenvalue weighted by molar-refractivity contribution is -0.119. The summed E-state index contributed by atoms with van der Waals surface area (Å²) >= 11 is 0. The first-order valence-corrected chi connectivity index (χ1v) is 4.25. The molecule has 0 aromatic rings. The maximum Gasteiger partial charge on any atom is 0.220 e. The van der Waals surface area contributed by atoms with Crippen LogP contribution in [0.2, 0.25) is 0 Å². The highest BCUT2D eigenvalue weighted by molar-refractivity contribution is 5.79. The van der Waals surface area contributed by atoms with Crippen molar-refractivity contribution >= 4 is 5.91 Å². The standard InChI is InChI=1S/C8H13NO2/c10-6-3-1-2-5-4-7(11)9-8(5)6/h5-6,8,10H,1-4H2,(H,9,11)/t5-,6-,8+/m1/s1. The van der Waals surface area contributed by atoms with Crippen molar-refractivity contribution in [3.63, 3.8) is 0 Å². The minimum absolute atomic E-state index is 0.0660. The average molecular weight is 155 g/mol. The second kappa shape index (κ2) is 2.48. The largest absolute Gasteiger partial charge is 0.391 e. The molecule has 0 unspecified atom stereocenters. The molecule has 1 aliphatic carbocycles. The highest BCUT2D eigenvalue weighted by Crippen LogP contribution is 2.31. The first kappa shape index (κ1) is 7.10. The summed E-state index contributed by atoms with van der Waals surface area (Å²) in [7, 11) is 0. The molecule has 0 bridgehead atoms. The van der Waals surface area contributed by atoms with E-state index in [4.69, 9.17) is 0 Å². The van der Waals surface area contributed by atoms with E-state index in [9.17, 15) is 9.90 Å². The van der Waals surface area contributed by atoms with E-state index in [1.807, 2.05) is 0 Å². The second-order valence-corrected chi connectivity index (χ2v) is 3.56. The van der Waals surface area contributed by atoms with Crippen molar-refractivity contribution in [3.8, 4) is 0 Å². The van der Waals surface area contributed by atoms with E-state index in [0.29, 0.717) is 12.3 Å². The molecular weight excluding hydrogens is 142 g/mol. The Morgan fingerprint density at radius 3 is 3.00 bits per heavy atom. The minimum Gasteiger partial charge on any atom is -0.391 e. The van der Waals surface area contributed by atoms with Crippen LogP contribution in [-0.2, 0) is 4.79 Å². The quantitative estimate of drug-likeness (QED) is 0.518. The van der Waals surface area contributed by atoms with Gasteiger partial charge in [-0.05, 0) is 18.8 Å². The van der Waals surface area contributed by atoms with Gasteiger partial charge in [0.2, 0.25) is 5.91 Å². The number of hydrogen-bond donors (Lipinski definition) is 2. The number of fused-ring (bicyclic) bond motifs is 1. The SMILES string of the molecule is O=C1C[C@H]2CCC[C@@H](O)[C@H]2N1. The number of carbonyl (C=O) groups is 1. The summed E-state index contributed by atoms with van der Waals surface area (Å²) in [6, 6.07) is 0.0660. The number of aliphatic hydroxyl groups is 1. The predicted octanol–water partition coefficient (Wildman–Crippen LogP) is 0.0359. The van der Waals surface area contributed by atoms with Gasteiger partial charge in [0.05, 0.1) is 12.1 Å². The van der Waals surface area contributed by atoms with Crippen molar-refractivity contribution in [2.45, 2.75) is 37.8 Å². The molecule has 2 fully saturated rings. The maximum atomic E-state index is 10.9. The van der Waals surface area contributed by atoms with E-state index in [1.165, 1.54) is 0 Å². The van der Waals surface area contributed by atoms with Gasteiger partial charge in [0.15, 0.2) is 0 Å². The number of aliphatic hydroxyl groups excluding tert-OH is 1. The molecule has 0 spiro atoms. The van der Waals surface area contributed by atoms with E-state index < -0.39 is 0 Å². The summed E-state index contributed by atoms with van der Waals surface area (Å²) in [5.74, 6) is 0.521. The third-order valence-electron chi connectivity index (χ3n) is 2.77. The molecule has 0 radical (unpaired) electrons. The van der Waals surface area contributed by atoms with E-state index in [-0.39, 0.29) is 18.1 Å². The number of hydrogen-bond acceptors (Lipinski definition) is 2. The van der Waals surface area contributed by atoms with Crippen LogP contribution in [0.25, 0.3) is 0 Å². The van der Waals surface area contributed by atoms with Crippen molar-refractivity contribution in [1.82, 2.24) is 5.32 Å². The molecule has 3 atom stereocenters. The van der Waals surface area contributed by atoms with Crippen LogP contribution in [0.1, 0.15) is 25.7 Å². The van der Waals surface area contributed by atoms with Crippen LogP contribution in [-0.4, -0.2) is 23.2 Å². The van der Waals surface area contributed by atoms with Gasteiger partial charge in [-0.2, -0.15) is 0 Å². The van der Waals surface area contributed by atoms with Gasteiger partial charge in [-0.3, -0.25) is 4.79 Å². The van der Waals surface area contributed by atoms with Crippen molar-refractivity contribution in [2.75, 3.05) is 0 Å². The molecule has 1 amide bonds. The fourth-order valence-corrected chi connectivity index (χ4v) is 2.19. The monoisotopic (exact) mass is 155 g/mol. The predicted molar refractivity (Wildman–Crippen MR) is 39.9 cm³/mol. The Bertz CT molecular complexity index is 181. The summed E-state index contributed by atoms with van der Waals surface area (Å²) in [5.41, 5.74) is 0. The zero-order valence-corrected chi connectivity index (χ0v) is 6.42. The Labute approximate surface area is 65.8 Å². The van der Waals surface area contributed by atoms with E-state index >= 15 is 0 Å². The summed E-state index contributed by atoms with van der Waals surface area (Å²) in [6.45, 7) is 0. The molecule has 1 saturated carbocycles. The Kier molecular flexibility index (Phi) is 1.60. The topological polar surface area (TPSA) is 49.3 Å². The molecule has 1 aliphatic heterocycles. The van der Waals surface area contributed by atoms with Gasteiger partial charge in [0.25, 0.3) is 0 Å². The summed E-state index contributed by atoms with van der Waals surface area (Å²) < 4.78 is 0. The molecule has 1 saturated heterocycles. The van der Waals surface area contributed by atoms with E-state index in [2.05, 4.69) is 5.32 Å². The molecule has 2 rings (SSSR count). The van der Waals surface area contributed by atoms with Crippen LogP contribution in [0.15, 0.2) is 0 Å². The van der Waals surface area contributed by atoms with Gasteiger partial charge < -0.3 is 10.4 Å². The van der Waals surface area contributed by atoms with Gasteiger partial charge in [-0.25, -0.2) is 0 Å². The van der Waals surface area contributed by atoms with Crippen LogP contribution < -0.4 is 5.32 Å². The molecule has 0 aromatic carbocycles. The lowest BCUT2D eigenvalue weighted by Crippen LogP contribution is -2.42. The second-order valence-electron chi connectivity index (χ2n) is 3.56. The van der Waals surface area contributed by atoms with Crippen LogP contribution >= 0.6 is 0 Å². The van der Waals surface area contributed by atoms with Gasteiger partial charge in [0, 0.05) is 6.42 Å². The molecule has 11 heavy (non-hydrogen) atoms. The van der Waals surface area contributed by atoms with Gasteiger partial charge in [-0.15, -0.1) is 0 Å². The van der Waals surface area contributed by atoms with Gasteiger partial charge in [0.1, 0.15) is 0 Å². The zero-order chi connectivity index (χ0) is 7.84. The number of nitrogens with one attached hydrogen (secondary N) is 1. The molecule has 2 aliphatic rings. The highest BCUT2D eigenvalue weighted by atomic mass is 16.3. The molecule has 2 N–H and O–H groups in total. The molecule has 0 aromatic heterocycles. The lowest BCUT2D eigenvalue weighted by atomic mass is 9.83. The van der Waals surface area contributed by atoms with E-state index in [1.54, 1.807) is 0 Å². The van der Waals surface area contributed by atoms with Gasteiger partial charge in [-0.1, -0.05) is 6.42 Å². The summed E-state index contributed by atoms with van der Waals surface area (Å²) in [6.07, 6.45) is 3.35. The average Bonchev–Trinajstić information content (AvgIpc) is 2.31. The lowest BCUT2D eigenvalue weighted by Gasteiger charge is -2.29. The third-order valence-corrected chi connectivity index (χ3v) is 2.77. The van der Waals surface area contributed by atoms with Gasteiger partial charge >= 0.3 is 0 Å². The zero-order valence-electron chi connectivity index (χ0n) is 6.42. The van der Waals surface area contributed by atoms with E-state index in [0.717, 1.165) is 19.3 Å². The Morgan fingerprint density at radius 2 is 2.27 bits per heavy atom. The molecule has 3 nitrogen and oxygen atoms in total. The fourth-order valence-electron chi connectivity index (χ4n) is 2.19. The Balaban J connectivity index is 2.09. The van der Waals surface area contributed by atoms with Crippen molar-refractivity contribution in [3.05, 3.63) is 0 Å². The van der Waals surface area contributed by atoms with Crippen molar-refractivity contribution < 1.29 is 9.90 Å². The van der Waals surface area contributed by atoms with Crippen molar-refractivity contribution in [1.29, 1.82) is 0 Å². The third kappa shape index (κ3) is 1.13. The number of amides is 1. The Morgan fingerprint density at radius 1 is 1.45 bits per heavy atom. The van der Waals surface area contributed by atoms with Crippen LogP contribution in [0.5, 0.6) is 0 Å². The number of carbonyl (C=O) groups excluding carboxylic acids is 1.